The lowest BCUT2D eigenvalue weighted by Crippen LogP contribution is -2.09. The van der Waals surface area contributed by atoms with Crippen LogP contribution < -0.4 is 4.74 Å². The van der Waals surface area contributed by atoms with Crippen molar-refractivity contribution in [3.05, 3.63) is 205 Å². The van der Waals surface area contributed by atoms with Crippen LogP contribution in [0.15, 0.2) is 188 Å². The lowest BCUT2D eigenvalue weighted by Gasteiger charge is -2.25. The Kier molecular flexibility index (Phi) is 8.69. The van der Waals surface area contributed by atoms with E-state index in [-0.39, 0.29) is 11.3 Å². The van der Waals surface area contributed by atoms with E-state index in [1.165, 1.54) is 0 Å². The molecule has 0 fully saturated rings. The Hall–Kier alpha value is -7.66. The third-order valence-electron chi connectivity index (χ3n) is 10.2. The second-order valence-corrected chi connectivity index (χ2v) is 13.4. The van der Waals surface area contributed by atoms with Crippen LogP contribution in [-0.4, -0.2) is 4.57 Å². The topological polar surface area (TPSA) is 61.7 Å². The minimum absolute atomic E-state index is 0.232. The summed E-state index contributed by atoms with van der Waals surface area (Å²) < 4.78 is 8.88. The fourth-order valence-corrected chi connectivity index (χ4v) is 7.71. The van der Waals surface area contributed by atoms with Crippen LogP contribution >= 0.6 is 0 Å². The van der Waals surface area contributed by atoms with E-state index < -0.39 is 0 Å². The molecule has 4 heteroatoms. The minimum Gasteiger partial charge on any atom is -0.454 e. The molecule has 1 aromatic heterocycles. The van der Waals surface area contributed by atoms with E-state index in [0.29, 0.717) is 23.4 Å². The first kappa shape index (κ1) is 33.2. The number of aromatic nitrogens is 1. The molecule has 8 aromatic rings. The highest BCUT2D eigenvalue weighted by atomic mass is 16.5. The summed E-state index contributed by atoms with van der Waals surface area (Å²) in [5, 5.41) is 24.6. The number of nitrogens with zero attached hydrogens (tertiary/aromatic N) is 3. The minimum atomic E-state index is 0.232. The maximum atomic E-state index is 11.4. The van der Waals surface area contributed by atoms with Crippen LogP contribution in [0.1, 0.15) is 23.1 Å². The highest BCUT2D eigenvalue weighted by Crippen LogP contribution is 2.49. The normalized spacial score (nSPS) is 12.2. The van der Waals surface area contributed by atoms with E-state index in [1.807, 2.05) is 78.9 Å². The van der Waals surface area contributed by atoms with Gasteiger partial charge in [0.1, 0.15) is 29.0 Å². The van der Waals surface area contributed by atoms with Crippen molar-refractivity contribution >= 4 is 27.4 Å². The summed E-state index contributed by atoms with van der Waals surface area (Å²) in [6, 6.07) is 58.4. The molecule has 7 aromatic carbocycles. The highest BCUT2D eigenvalue weighted by Gasteiger charge is 2.31. The number of hydrogen-bond acceptors (Lipinski definition) is 3. The number of fused-ring (bicyclic) bond motifs is 3. The molecule has 0 atom stereocenters. The Labute approximate surface area is 320 Å². The van der Waals surface area contributed by atoms with Crippen LogP contribution in [0.2, 0.25) is 0 Å². The molecule has 258 valence electrons. The fraction of sp³-hybridized carbons (Fsp3) is 0.0196. The average Bonchev–Trinajstić information content (AvgIpc) is 3.36. The van der Waals surface area contributed by atoms with Crippen molar-refractivity contribution in [3.8, 4) is 62.7 Å². The Morgan fingerprint density at radius 3 is 1.56 bits per heavy atom. The molecule has 1 heterocycles. The van der Waals surface area contributed by atoms with Crippen molar-refractivity contribution in [2.75, 3.05) is 0 Å². The summed E-state index contributed by atoms with van der Waals surface area (Å²) in [5.41, 5.74) is 10.9. The van der Waals surface area contributed by atoms with Gasteiger partial charge in [-0.2, -0.15) is 10.5 Å². The third-order valence-corrected chi connectivity index (χ3v) is 10.2. The van der Waals surface area contributed by atoms with Crippen LogP contribution in [-0.2, 0) is 0 Å². The van der Waals surface area contributed by atoms with Gasteiger partial charge in [-0.05, 0) is 76.2 Å². The maximum Gasteiger partial charge on any atom is 0.165 e. The largest absolute Gasteiger partial charge is 0.454 e. The molecule has 0 N–H and O–H groups in total. The van der Waals surface area contributed by atoms with Gasteiger partial charge in [-0.1, -0.05) is 152 Å². The number of hydrogen-bond donors (Lipinski definition) is 0. The molecule has 0 bridgehead atoms. The second kappa shape index (κ2) is 14.4. The molecular formula is C51H33N3O. The number of allylic oxidation sites excluding steroid dienone is 6. The van der Waals surface area contributed by atoms with Gasteiger partial charge in [0, 0.05) is 21.9 Å². The molecule has 55 heavy (non-hydrogen) atoms. The van der Waals surface area contributed by atoms with Gasteiger partial charge in [-0.15, -0.1) is 0 Å². The van der Waals surface area contributed by atoms with Crippen LogP contribution in [0.5, 0.6) is 11.5 Å². The summed E-state index contributed by atoms with van der Waals surface area (Å²) in [6.45, 7) is 0. The predicted molar refractivity (Wildman–Crippen MR) is 224 cm³/mol. The van der Waals surface area contributed by atoms with Crippen molar-refractivity contribution in [2.45, 2.75) is 6.42 Å². The standard InChI is InChI=1S/C51H33N3O/c52-33-44-48(37-21-7-1-2-8-22-37)49(38-23-13-5-14-24-38)50(45(34-53)51(44)55-41-25-15-6-16-26-41)54-46-29-27-39(35-17-9-3-10-18-35)31-42(46)43-32-40(28-30-47(43)54)36-19-11-4-12-20-36/h1-21,23-32H,22H2. The van der Waals surface area contributed by atoms with E-state index >= 15 is 0 Å². The van der Waals surface area contributed by atoms with Crippen molar-refractivity contribution in [2.24, 2.45) is 0 Å². The molecule has 0 unspecified atom stereocenters. The molecule has 0 saturated carbocycles. The number of ether oxygens (including phenoxy) is 1. The third kappa shape index (κ3) is 5.99. The zero-order valence-corrected chi connectivity index (χ0v) is 29.9. The zero-order chi connectivity index (χ0) is 37.1. The molecule has 1 aliphatic rings. The lowest BCUT2D eigenvalue weighted by atomic mass is 9.84. The first-order chi connectivity index (χ1) is 27.2. The van der Waals surface area contributed by atoms with Crippen LogP contribution in [0.3, 0.4) is 0 Å². The van der Waals surface area contributed by atoms with Gasteiger partial charge in [0.25, 0.3) is 0 Å². The summed E-state index contributed by atoms with van der Waals surface area (Å²) in [6.07, 6.45) is 10.8. The van der Waals surface area contributed by atoms with Gasteiger partial charge in [0.15, 0.2) is 5.75 Å². The molecule has 0 aliphatic heterocycles. The molecule has 0 amide bonds. The van der Waals surface area contributed by atoms with E-state index in [2.05, 4.69) is 126 Å². The van der Waals surface area contributed by atoms with E-state index in [4.69, 9.17) is 4.74 Å². The molecule has 4 nitrogen and oxygen atoms in total. The van der Waals surface area contributed by atoms with Gasteiger partial charge < -0.3 is 9.30 Å². The van der Waals surface area contributed by atoms with E-state index in [1.54, 1.807) is 0 Å². The Bertz CT molecular complexity index is 2810. The highest BCUT2D eigenvalue weighted by molar-refractivity contribution is 6.13. The van der Waals surface area contributed by atoms with Gasteiger partial charge >= 0.3 is 0 Å². The van der Waals surface area contributed by atoms with Crippen LogP contribution in [0, 0.1) is 22.7 Å². The Morgan fingerprint density at radius 1 is 0.491 bits per heavy atom. The predicted octanol–water partition coefficient (Wildman–Crippen LogP) is 13.2. The van der Waals surface area contributed by atoms with E-state index in [0.717, 1.165) is 66.3 Å². The van der Waals surface area contributed by atoms with Gasteiger partial charge in [0.05, 0.1) is 16.7 Å². The smallest absolute Gasteiger partial charge is 0.165 e. The summed E-state index contributed by atoms with van der Waals surface area (Å²) >= 11 is 0. The average molecular weight is 704 g/mol. The molecular weight excluding hydrogens is 671 g/mol. The Morgan fingerprint density at radius 2 is 1.02 bits per heavy atom. The summed E-state index contributed by atoms with van der Waals surface area (Å²) in [7, 11) is 0. The van der Waals surface area contributed by atoms with Gasteiger partial charge in [-0.3, -0.25) is 0 Å². The first-order valence-electron chi connectivity index (χ1n) is 18.3. The van der Waals surface area contributed by atoms with Gasteiger partial charge in [-0.25, -0.2) is 0 Å². The van der Waals surface area contributed by atoms with Gasteiger partial charge in [0.2, 0.25) is 0 Å². The maximum absolute atomic E-state index is 11.4. The zero-order valence-electron chi connectivity index (χ0n) is 29.9. The fourth-order valence-electron chi connectivity index (χ4n) is 7.71. The molecule has 0 radical (unpaired) electrons. The van der Waals surface area contributed by atoms with Crippen LogP contribution in [0.25, 0.3) is 66.4 Å². The molecule has 9 rings (SSSR count). The number of rotatable bonds is 7. The first-order valence-corrected chi connectivity index (χ1v) is 18.3. The second-order valence-electron chi connectivity index (χ2n) is 13.4. The summed E-state index contributed by atoms with van der Waals surface area (Å²) in [5.74, 6) is 0.771. The number of nitriles is 2. The molecule has 0 spiro atoms. The number of para-hydroxylation sites is 1. The van der Waals surface area contributed by atoms with Crippen molar-refractivity contribution in [3.63, 3.8) is 0 Å². The summed E-state index contributed by atoms with van der Waals surface area (Å²) in [4.78, 5) is 0. The van der Waals surface area contributed by atoms with E-state index in [9.17, 15) is 10.5 Å². The lowest BCUT2D eigenvalue weighted by molar-refractivity contribution is 0.479. The van der Waals surface area contributed by atoms with Crippen molar-refractivity contribution in [1.29, 1.82) is 10.5 Å². The number of benzene rings is 7. The Balaban J connectivity index is 1.47. The molecule has 1 aliphatic carbocycles. The van der Waals surface area contributed by atoms with Crippen LogP contribution in [0.4, 0.5) is 0 Å². The van der Waals surface area contributed by atoms with Crippen molar-refractivity contribution < 1.29 is 4.74 Å². The molecule has 0 saturated heterocycles. The monoisotopic (exact) mass is 703 g/mol. The van der Waals surface area contributed by atoms with Crippen molar-refractivity contribution in [1.82, 2.24) is 4.57 Å². The SMILES string of the molecule is N#Cc1c(Oc2ccccc2)c(C#N)c(-n2c3ccc(-c4ccccc4)cc3c3cc(-c4ccccc4)ccc32)c(-c2ccccc2)c1C1=CC=CC=CC1. The quantitative estimate of drug-likeness (QED) is 0.166.